The lowest BCUT2D eigenvalue weighted by Crippen LogP contribution is -2.40. The summed E-state index contributed by atoms with van der Waals surface area (Å²) in [6, 6.07) is 7.28. The van der Waals surface area contributed by atoms with Crippen molar-refractivity contribution >= 4 is 23.6 Å². The van der Waals surface area contributed by atoms with Crippen molar-refractivity contribution in [3.8, 4) is 0 Å². The molecule has 4 heteroatoms. The van der Waals surface area contributed by atoms with E-state index in [1.54, 1.807) is 46.0 Å². The normalized spacial score (nSPS) is 12.4. The first-order valence-electron chi connectivity index (χ1n) is 6.11. The minimum absolute atomic E-state index is 0.0999. The smallest absolute Gasteiger partial charge is 0.249 e. The van der Waals surface area contributed by atoms with Crippen LogP contribution in [0.4, 0.5) is 0 Å². The predicted molar refractivity (Wildman–Crippen MR) is 79.0 cm³/mol. The number of hydrogen-bond acceptors (Lipinski definition) is 2. The highest BCUT2D eigenvalue weighted by Crippen LogP contribution is 2.14. The van der Waals surface area contributed by atoms with E-state index in [2.05, 4.69) is 0 Å². The average molecular weight is 282 g/mol. The Balaban J connectivity index is 2.79. The molecule has 0 aliphatic carbocycles. The highest BCUT2D eigenvalue weighted by atomic mass is 35.5. The Kier molecular flexibility index (Phi) is 5.15. The van der Waals surface area contributed by atoms with Crippen molar-refractivity contribution in [3.63, 3.8) is 0 Å². The summed E-state index contributed by atoms with van der Waals surface area (Å²) in [7, 11) is 1.68. The van der Waals surface area contributed by atoms with Crippen LogP contribution in [0.3, 0.4) is 0 Å². The van der Waals surface area contributed by atoms with Crippen molar-refractivity contribution in [3.05, 3.63) is 40.4 Å². The van der Waals surface area contributed by atoms with Gasteiger partial charge in [0.1, 0.15) is 0 Å². The van der Waals surface area contributed by atoms with Crippen LogP contribution in [0.15, 0.2) is 29.8 Å². The molecule has 1 amide bonds. The van der Waals surface area contributed by atoms with Crippen LogP contribution in [-0.2, 0) is 4.79 Å². The van der Waals surface area contributed by atoms with E-state index in [0.29, 0.717) is 10.6 Å². The van der Waals surface area contributed by atoms with E-state index in [1.165, 1.54) is 4.90 Å². The molecule has 1 aromatic carbocycles. The summed E-state index contributed by atoms with van der Waals surface area (Å²) in [5.41, 5.74) is 0.645. The van der Waals surface area contributed by atoms with E-state index >= 15 is 0 Å². The van der Waals surface area contributed by atoms with Gasteiger partial charge in [-0.25, -0.2) is 0 Å². The van der Waals surface area contributed by atoms with E-state index in [-0.39, 0.29) is 12.5 Å². The molecule has 1 rings (SSSR count). The van der Waals surface area contributed by atoms with Gasteiger partial charge in [0.15, 0.2) is 0 Å². The van der Waals surface area contributed by atoms with Crippen LogP contribution < -0.4 is 0 Å². The predicted octanol–water partition coefficient (Wildman–Crippen LogP) is 2.97. The Morgan fingerprint density at radius 3 is 2.37 bits per heavy atom. The summed E-state index contributed by atoms with van der Waals surface area (Å²) < 4.78 is 0. The van der Waals surface area contributed by atoms with E-state index in [0.717, 1.165) is 5.56 Å². The summed E-state index contributed by atoms with van der Waals surface area (Å²) in [5, 5.41) is 10.4. The molecule has 0 bridgehead atoms. The fourth-order valence-corrected chi connectivity index (χ4v) is 1.95. The minimum atomic E-state index is -0.898. The maximum absolute atomic E-state index is 12.1. The molecule has 0 unspecified atom stereocenters. The van der Waals surface area contributed by atoms with Gasteiger partial charge in [0.25, 0.3) is 0 Å². The SMILES string of the molecule is C/C(=C\c1ccc(Cl)cc1)C(=O)N(C)CC(C)(C)O. The first kappa shape index (κ1) is 15.7. The van der Waals surface area contributed by atoms with Crippen LogP contribution >= 0.6 is 11.6 Å². The number of amides is 1. The minimum Gasteiger partial charge on any atom is -0.389 e. The van der Waals surface area contributed by atoms with Gasteiger partial charge in [-0.1, -0.05) is 23.7 Å². The fourth-order valence-electron chi connectivity index (χ4n) is 1.82. The van der Waals surface area contributed by atoms with Crippen molar-refractivity contribution in [2.45, 2.75) is 26.4 Å². The van der Waals surface area contributed by atoms with Crippen molar-refractivity contribution in [2.24, 2.45) is 0 Å². The lowest BCUT2D eigenvalue weighted by atomic mass is 10.1. The second kappa shape index (κ2) is 6.22. The van der Waals surface area contributed by atoms with Crippen LogP contribution in [-0.4, -0.2) is 35.1 Å². The van der Waals surface area contributed by atoms with Crippen molar-refractivity contribution < 1.29 is 9.90 Å². The van der Waals surface area contributed by atoms with Crippen LogP contribution in [0.25, 0.3) is 6.08 Å². The summed E-state index contributed by atoms with van der Waals surface area (Å²) in [4.78, 5) is 13.6. The standard InChI is InChI=1S/C15H20ClNO2/c1-11(9-12-5-7-13(16)8-6-12)14(18)17(4)10-15(2,3)19/h5-9,19H,10H2,1-4H3/b11-9+. The maximum Gasteiger partial charge on any atom is 0.249 e. The number of hydrogen-bond donors (Lipinski definition) is 1. The largest absolute Gasteiger partial charge is 0.389 e. The third-order valence-corrected chi connectivity index (χ3v) is 2.81. The van der Waals surface area contributed by atoms with Crippen LogP contribution in [0.2, 0.25) is 5.02 Å². The molecule has 3 nitrogen and oxygen atoms in total. The molecule has 0 saturated carbocycles. The van der Waals surface area contributed by atoms with Gasteiger partial charge in [0.05, 0.1) is 5.60 Å². The van der Waals surface area contributed by atoms with Crippen LogP contribution in [0.1, 0.15) is 26.3 Å². The second-order valence-electron chi connectivity index (χ2n) is 5.35. The Labute approximate surface area is 119 Å². The Bertz CT molecular complexity index is 472. The van der Waals surface area contributed by atoms with Gasteiger partial charge in [0.2, 0.25) is 5.91 Å². The third kappa shape index (κ3) is 5.45. The first-order valence-corrected chi connectivity index (χ1v) is 6.48. The number of likely N-dealkylation sites (N-methyl/N-ethyl adjacent to an activating group) is 1. The van der Waals surface area contributed by atoms with Gasteiger partial charge >= 0.3 is 0 Å². The number of aliphatic hydroxyl groups is 1. The van der Waals surface area contributed by atoms with Crippen molar-refractivity contribution in [1.82, 2.24) is 4.90 Å². The quantitative estimate of drug-likeness (QED) is 0.862. The Hall–Kier alpha value is -1.32. The van der Waals surface area contributed by atoms with E-state index < -0.39 is 5.60 Å². The van der Waals surface area contributed by atoms with Gasteiger partial charge in [-0.3, -0.25) is 4.79 Å². The lowest BCUT2D eigenvalue weighted by molar-refractivity contribution is -0.128. The number of carbonyl (C=O) groups is 1. The van der Waals surface area contributed by atoms with Gasteiger partial charge in [0, 0.05) is 24.2 Å². The van der Waals surface area contributed by atoms with E-state index in [9.17, 15) is 9.90 Å². The van der Waals surface area contributed by atoms with Gasteiger partial charge in [-0.15, -0.1) is 0 Å². The number of rotatable bonds is 4. The monoisotopic (exact) mass is 281 g/mol. The third-order valence-electron chi connectivity index (χ3n) is 2.56. The first-order chi connectivity index (χ1) is 8.69. The molecule has 0 aromatic heterocycles. The molecular formula is C15H20ClNO2. The molecule has 0 aliphatic heterocycles. The summed E-state index contributed by atoms with van der Waals surface area (Å²) in [6.07, 6.45) is 1.81. The molecule has 0 saturated heterocycles. The molecule has 19 heavy (non-hydrogen) atoms. The van der Waals surface area contributed by atoms with Crippen LogP contribution in [0, 0.1) is 0 Å². The number of carbonyl (C=O) groups excluding carboxylic acids is 1. The number of benzene rings is 1. The topological polar surface area (TPSA) is 40.5 Å². The molecule has 0 radical (unpaired) electrons. The zero-order chi connectivity index (χ0) is 14.6. The highest BCUT2D eigenvalue weighted by Gasteiger charge is 2.19. The molecule has 0 atom stereocenters. The van der Waals surface area contributed by atoms with Gasteiger partial charge in [-0.2, -0.15) is 0 Å². The molecule has 0 spiro atoms. The average Bonchev–Trinajstić information content (AvgIpc) is 2.28. The molecule has 1 aromatic rings. The summed E-state index contributed by atoms with van der Waals surface area (Å²) in [5.74, 6) is -0.0999. The maximum atomic E-state index is 12.1. The zero-order valence-corrected chi connectivity index (χ0v) is 12.5. The molecule has 0 aliphatic rings. The zero-order valence-electron chi connectivity index (χ0n) is 11.8. The van der Waals surface area contributed by atoms with Crippen molar-refractivity contribution in [2.75, 3.05) is 13.6 Å². The summed E-state index contributed by atoms with van der Waals surface area (Å²) >= 11 is 5.81. The number of halogens is 1. The summed E-state index contributed by atoms with van der Waals surface area (Å²) in [6.45, 7) is 5.40. The van der Waals surface area contributed by atoms with Crippen molar-refractivity contribution in [1.29, 1.82) is 0 Å². The lowest BCUT2D eigenvalue weighted by Gasteiger charge is -2.25. The Morgan fingerprint density at radius 2 is 1.89 bits per heavy atom. The number of nitrogens with zero attached hydrogens (tertiary/aromatic N) is 1. The van der Waals surface area contributed by atoms with E-state index in [4.69, 9.17) is 11.6 Å². The Morgan fingerprint density at radius 1 is 1.37 bits per heavy atom. The van der Waals surface area contributed by atoms with Gasteiger partial charge in [-0.05, 0) is 44.5 Å². The highest BCUT2D eigenvalue weighted by molar-refractivity contribution is 6.30. The fraction of sp³-hybridized carbons (Fsp3) is 0.400. The molecular weight excluding hydrogens is 262 g/mol. The second-order valence-corrected chi connectivity index (χ2v) is 5.79. The van der Waals surface area contributed by atoms with Crippen LogP contribution in [0.5, 0.6) is 0 Å². The van der Waals surface area contributed by atoms with E-state index in [1.807, 2.05) is 12.1 Å². The molecule has 1 N–H and O–H groups in total. The molecule has 104 valence electrons. The molecule has 0 fully saturated rings. The van der Waals surface area contributed by atoms with Gasteiger partial charge < -0.3 is 10.0 Å². The molecule has 0 heterocycles.